The molecule has 33 heavy (non-hydrogen) atoms. The lowest BCUT2D eigenvalue weighted by molar-refractivity contribution is 0.0916. The molecule has 2 heterocycles. The Hall–Kier alpha value is -3.12. The summed E-state index contributed by atoms with van der Waals surface area (Å²) >= 11 is 1.48. The average molecular weight is 460 g/mol. The summed E-state index contributed by atoms with van der Waals surface area (Å²) in [6.07, 6.45) is 13.3. The zero-order valence-corrected chi connectivity index (χ0v) is 20.4. The van der Waals surface area contributed by atoms with E-state index in [4.69, 9.17) is 9.72 Å². The quantitative estimate of drug-likeness (QED) is 0.536. The third-order valence-electron chi connectivity index (χ3n) is 6.26. The van der Waals surface area contributed by atoms with Crippen LogP contribution in [0.5, 0.6) is 0 Å². The molecule has 170 valence electrons. The standard InChI is InChI=1S/C27H29N3O2S/c1-27(2)15-22-25(23(31)16-27)33-26(28-22)30-12-13-32-24(17-30)21-11-6-5-10-20(21)18-8-7-9-19(14-18)29(3)4/h5,7-10,12-14,17H,6,11,15-16H2,1-4H3. The second kappa shape index (κ2) is 8.34. The molecule has 1 aliphatic heterocycles. The Kier molecular flexibility index (Phi) is 5.49. The largest absolute Gasteiger partial charge is 0.462 e. The van der Waals surface area contributed by atoms with Gasteiger partial charge in [-0.25, -0.2) is 4.98 Å². The van der Waals surface area contributed by atoms with Crippen molar-refractivity contribution in [3.63, 3.8) is 0 Å². The predicted molar refractivity (Wildman–Crippen MR) is 135 cm³/mol. The van der Waals surface area contributed by atoms with Crippen LogP contribution in [0.3, 0.4) is 0 Å². The van der Waals surface area contributed by atoms with Crippen molar-refractivity contribution in [2.75, 3.05) is 23.9 Å². The fraction of sp³-hybridized carbons (Fsp3) is 0.333. The average Bonchev–Trinajstić information content (AvgIpc) is 3.22. The molecule has 0 saturated carbocycles. The fourth-order valence-electron chi connectivity index (χ4n) is 4.60. The Bertz CT molecular complexity index is 1230. The molecule has 0 amide bonds. The fourth-order valence-corrected chi connectivity index (χ4v) is 5.58. The topological polar surface area (TPSA) is 45.7 Å². The SMILES string of the molecule is CN(C)c1cccc(C2=C(C3=CN(c4nc5c(s4)C(=O)CC(C)(C)C5)C=CO3)CCC=C2)c1. The molecule has 6 heteroatoms. The zero-order valence-electron chi connectivity index (χ0n) is 19.6. The Morgan fingerprint density at radius 1 is 1.21 bits per heavy atom. The van der Waals surface area contributed by atoms with Crippen LogP contribution in [0.25, 0.3) is 5.57 Å². The van der Waals surface area contributed by atoms with Crippen molar-refractivity contribution in [2.45, 2.75) is 39.5 Å². The van der Waals surface area contributed by atoms with Crippen LogP contribution in [-0.4, -0.2) is 24.9 Å². The van der Waals surface area contributed by atoms with Crippen LogP contribution >= 0.6 is 11.3 Å². The molecule has 0 bridgehead atoms. The first-order valence-corrected chi connectivity index (χ1v) is 12.2. The zero-order chi connectivity index (χ0) is 23.2. The molecule has 0 fully saturated rings. The summed E-state index contributed by atoms with van der Waals surface area (Å²) in [6, 6.07) is 8.57. The van der Waals surface area contributed by atoms with E-state index in [9.17, 15) is 4.79 Å². The van der Waals surface area contributed by atoms with Crippen LogP contribution in [0, 0.1) is 5.41 Å². The molecule has 5 nitrogen and oxygen atoms in total. The molecule has 2 aliphatic carbocycles. The van der Waals surface area contributed by atoms with E-state index in [-0.39, 0.29) is 11.2 Å². The number of ketones is 1. The second-order valence-corrected chi connectivity index (χ2v) is 10.8. The molecule has 0 spiro atoms. The summed E-state index contributed by atoms with van der Waals surface area (Å²) in [6.45, 7) is 4.27. The highest BCUT2D eigenvalue weighted by Crippen LogP contribution is 2.41. The lowest BCUT2D eigenvalue weighted by atomic mass is 9.78. The minimum absolute atomic E-state index is 0.0352. The predicted octanol–water partition coefficient (Wildman–Crippen LogP) is 6.32. The van der Waals surface area contributed by atoms with Gasteiger partial charge in [0.2, 0.25) is 0 Å². The molecule has 0 atom stereocenters. The molecular weight excluding hydrogens is 430 g/mol. The third kappa shape index (κ3) is 4.27. The Morgan fingerprint density at radius 2 is 2.06 bits per heavy atom. The van der Waals surface area contributed by atoms with Crippen molar-refractivity contribution in [2.24, 2.45) is 5.41 Å². The summed E-state index contributed by atoms with van der Waals surface area (Å²) in [7, 11) is 4.11. The van der Waals surface area contributed by atoms with Gasteiger partial charge in [0.25, 0.3) is 0 Å². The summed E-state index contributed by atoms with van der Waals surface area (Å²) in [4.78, 5) is 22.4. The van der Waals surface area contributed by atoms with E-state index in [0.29, 0.717) is 6.42 Å². The maximum Gasteiger partial charge on any atom is 0.194 e. The number of carbonyl (C=O) groups excluding carboxylic acids is 1. The van der Waals surface area contributed by atoms with Crippen LogP contribution in [0.4, 0.5) is 10.8 Å². The number of hydrogen-bond donors (Lipinski definition) is 0. The molecule has 1 aromatic carbocycles. The minimum Gasteiger partial charge on any atom is -0.462 e. The van der Waals surface area contributed by atoms with Gasteiger partial charge >= 0.3 is 0 Å². The van der Waals surface area contributed by atoms with Crippen LogP contribution in [-0.2, 0) is 11.2 Å². The maximum absolute atomic E-state index is 12.7. The van der Waals surface area contributed by atoms with Crippen LogP contribution in [0.2, 0.25) is 0 Å². The monoisotopic (exact) mass is 459 g/mol. The lowest BCUT2D eigenvalue weighted by Crippen LogP contribution is -2.26. The lowest BCUT2D eigenvalue weighted by Gasteiger charge is -2.26. The van der Waals surface area contributed by atoms with E-state index in [1.165, 1.54) is 33.7 Å². The van der Waals surface area contributed by atoms with E-state index < -0.39 is 0 Å². The second-order valence-electron chi connectivity index (χ2n) is 9.79. The molecule has 0 unspecified atom stereocenters. The van der Waals surface area contributed by atoms with Gasteiger partial charge in [-0.15, -0.1) is 0 Å². The summed E-state index contributed by atoms with van der Waals surface area (Å²) < 4.78 is 6.00. The number of benzene rings is 1. The van der Waals surface area contributed by atoms with E-state index in [1.807, 2.05) is 17.3 Å². The number of allylic oxidation sites excluding steroid dienone is 4. The number of carbonyl (C=O) groups is 1. The highest BCUT2D eigenvalue weighted by molar-refractivity contribution is 7.17. The molecule has 2 aromatic rings. The van der Waals surface area contributed by atoms with E-state index >= 15 is 0 Å². The Balaban J connectivity index is 1.51. The van der Waals surface area contributed by atoms with Gasteiger partial charge in [0.1, 0.15) is 12.0 Å². The first-order chi connectivity index (χ1) is 15.8. The molecule has 3 aliphatic rings. The van der Waals surface area contributed by atoms with Crippen molar-refractivity contribution in [3.05, 3.63) is 82.5 Å². The van der Waals surface area contributed by atoms with Gasteiger partial charge in [0.15, 0.2) is 10.9 Å². The van der Waals surface area contributed by atoms with E-state index in [2.05, 4.69) is 69.3 Å². The highest BCUT2D eigenvalue weighted by Gasteiger charge is 2.34. The van der Waals surface area contributed by atoms with Gasteiger partial charge in [-0.1, -0.05) is 49.5 Å². The number of fused-ring (bicyclic) bond motifs is 1. The number of aromatic nitrogens is 1. The number of hydrogen-bond acceptors (Lipinski definition) is 6. The van der Waals surface area contributed by atoms with Crippen LogP contribution < -0.4 is 9.80 Å². The van der Waals surface area contributed by atoms with E-state index in [0.717, 1.165) is 40.7 Å². The van der Waals surface area contributed by atoms with Gasteiger partial charge in [-0.2, -0.15) is 0 Å². The highest BCUT2D eigenvalue weighted by atomic mass is 32.1. The first-order valence-electron chi connectivity index (χ1n) is 11.3. The third-order valence-corrected chi connectivity index (χ3v) is 7.41. The van der Waals surface area contributed by atoms with E-state index in [1.54, 1.807) is 6.26 Å². The molecule has 0 saturated heterocycles. The first kappa shape index (κ1) is 21.7. The smallest absolute Gasteiger partial charge is 0.194 e. The van der Waals surface area contributed by atoms with Gasteiger partial charge in [0.05, 0.1) is 16.8 Å². The number of ether oxygens (including phenoxy) is 1. The van der Waals surface area contributed by atoms with Crippen molar-refractivity contribution in [1.29, 1.82) is 0 Å². The summed E-state index contributed by atoms with van der Waals surface area (Å²) in [5, 5.41) is 0.811. The Labute approximate surface area is 199 Å². The number of anilines is 2. The molecule has 5 rings (SSSR count). The minimum atomic E-state index is -0.0352. The molecule has 0 N–H and O–H groups in total. The number of nitrogens with zero attached hydrogens (tertiary/aromatic N) is 3. The van der Waals surface area contributed by atoms with Crippen LogP contribution in [0.1, 0.15) is 54.0 Å². The van der Waals surface area contributed by atoms with Gasteiger partial charge in [-0.3, -0.25) is 9.69 Å². The van der Waals surface area contributed by atoms with Crippen molar-refractivity contribution in [1.82, 2.24) is 4.98 Å². The van der Waals surface area contributed by atoms with Gasteiger partial charge < -0.3 is 9.64 Å². The molecular formula is C27H29N3O2S. The molecule has 1 aromatic heterocycles. The summed E-state index contributed by atoms with van der Waals surface area (Å²) in [5.74, 6) is 1.03. The van der Waals surface area contributed by atoms with Crippen LogP contribution in [0.15, 0.2) is 66.4 Å². The number of thiazole rings is 1. The number of rotatable bonds is 4. The maximum atomic E-state index is 12.7. The summed E-state index contributed by atoms with van der Waals surface area (Å²) in [5.41, 5.74) is 5.59. The van der Waals surface area contributed by atoms with Gasteiger partial charge in [-0.05, 0) is 47.9 Å². The van der Waals surface area contributed by atoms with Crippen molar-refractivity contribution in [3.8, 4) is 0 Å². The molecule has 0 radical (unpaired) electrons. The number of Topliss-reactive ketones (excluding diaryl/α,β-unsaturated/α-hetero) is 1. The normalized spacial score (nSPS) is 19.3. The van der Waals surface area contributed by atoms with Gasteiger partial charge in [0, 0.05) is 38.0 Å². The van der Waals surface area contributed by atoms with Crippen molar-refractivity contribution >= 4 is 33.5 Å². The van der Waals surface area contributed by atoms with Crippen molar-refractivity contribution < 1.29 is 9.53 Å². The Morgan fingerprint density at radius 3 is 2.88 bits per heavy atom.